The van der Waals surface area contributed by atoms with Crippen molar-refractivity contribution in [2.24, 2.45) is 0 Å². The highest BCUT2D eigenvalue weighted by Crippen LogP contribution is 2.19. The van der Waals surface area contributed by atoms with Crippen LogP contribution in [0.3, 0.4) is 0 Å². The van der Waals surface area contributed by atoms with Gasteiger partial charge in [-0.3, -0.25) is 0 Å². The molecule has 2 nitrogen and oxygen atoms in total. The van der Waals surface area contributed by atoms with Gasteiger partial charge in [-0.2, -0.15) is 0 Å². The molecular weight excluding hydrogens is 498 g/mol. The first-order chi connectivity index (χ1) is 18.8. The fourth-order valence-corrected chi connectivity index (χ4v) is 5.07. The number of unbranched alkanes of at least 4 members (excludes halogenated alkanes) is 19. The number of benzene rings is 1. The van der Waals surface area contributed by atoms with Crippen molar-refractivity contribution in [3.05, 3.63) is 60.4 Å². The van der Waals surface area contributed by atoms with E-state index in [1.807, 2.05) is 18.2 Å². The summed E-state index contributed by atoms with van der Waals surface area (Å²) in [7, 11) is 0. The van der Waals surface area contributed by atoms with E-state index in [2.05, 4.69) is 49.0 Å². The molecule has 0 unspecified atom stereocenters. The molecule has 0 saturated heterocycles. The standard InChI is InChI=1S/C21H38N.C15H24O.ClH/c1-2-3-4-5-6-7-8-9-10-11-12-13-14-16-19-22-20-17-15-18-21-22;1-2-3-4-5-6-7-8-11-14-12-9-10-13-15(14)16;/h15,17-18,20-21H,2-14,16,19H2,1H3;9-10,12-13,16H,2-8,11H2,1H3;1H/q+1;;/p-1. The number of aryl methyl sites for hydroxylation is 2. The Labute approximate surface area is 249 Å². The second kappa shape index (κ2) is 29.4. The maximum Gasteiger partial charge on any atom is 0.168 e. The number of halogens is 1. The average molecular weight is 560 g/mol. The highest BCUT2D eigenvalue weighted by atomic mass is 35.5. The Kier molecular flexibility index (Phi) is 28.3. The average Bonchev–Trinajstić information content (AvgIpc) is 2.94. The lowest BCUT2D eigenvalue weighted by Gasteiger charge is -2.04. The van der Waals surface area contributed by atoms with Crippen molar-refractivity contribution in [2.45, 2.75) is 162 Å². The number of phenolic OH excluding ortho intramolecular Hbond substituents is 1. The van der Waals surface area contributed by atoms with Crippen molar-refractivity contribution in [3.8, 4) is 5.75 Å². The summed E-state index contributed by atoms with van der Waals surface area (Å²) in [5.41, 5.74) is 1.09. The molecule has 0 aliphatic heterocycles. The zero-order valence-corrected chi connectivity index (χ0v) is 26.5. The van der Waals surface area contributed by atoms with E-state index in [1.165, 1.54) is 141 Å². The van der Waals surface area contributed by atoms with Gasteiger partial charge in [0.2, 0.25) is 0 Å². The molecule has 0 spiro atoms. The van der Waals surface area contributed by atoms with E-state index in [0.29, 0.717) is 5.75 Å². The van der Waals surface area contributed by atoms with Crippen LogP contribution in [0.15, 0.2) is 54.9 Å². The normalized spacial score (nSPS) is 10.5. The van der Waals surface area contributed by atoms with Gasteiger partial charge in [0, 0.05) is 18.6 Å². The van der Waals surface area contributed by atoms with Crippen molar-refractivity contribution in [3.63, 3.8) is 0 Å². The van der Waals surface area contributed by atoms with Crippen molar-refractivity contribution in [2.75, 3.05) is 0 Å². The number of hydrogen-bond acceptors (Lipinski definition) is 1. The van der Waals surface area contributed by atoms with Gasteiger partial charge in [0.15, 0.2) is 12.4 Å². The van der Waals surface area contributed by atoms with Gasteiger partial charge in [0.05, 0.1) is 0 Å². The molecule has 0 fully saturated rings. The van der Waals surface area contributed by atoms with Crippen molar-refractivity contribution in [1.82, 2.24) is 0 Å². The number of hydrogen-bond donors (Lipinski definition) is 1. The second-order valence-electron chi connectivity index (χ2n) is 11.2. The Bertz CT molecular complexity index is 736. The van der Waals surface area contributed by atoms with Crippen molar-refractivity contribution >= 4 is 0 Å². The molecule has 0 radical (unpaired) electrons. The van der Waals surface area contributed by atoms with E-state index >= 15 is 0 Å². The van der Waals surface area contributed by atoms with Gasteiger partial charge >= 0.3 is 0 Å². The van der Waals surface area contributed by atoms with Crippen LogP contribution in [0.2, 0.25) is 0 Å². The first-order valence-electron chi connectivity index (χ1n) is 16.5. The molecule has 0 saturated carbocycles. The summed E-state index contributed by atoms with van der Waals surface area (Å²) in [5.74, 6) is 0.452. The summed E-state index contributed by atoms with van der Waals surface area (Å²) in [5, 5.41) is 9.58. The summed E-state index contributed by atoms with van der Waals surface area (Å²) >= 11 is 0. The third-order valence-electron chi connectivity index (χ3n) is 7.59. The van der Waals surface area contributed by atoms with Gasteiger partial charge in [-0.15, -0.1) is 0 Å². The van der Waals surface area contributed by atoms with Crippen LogP contribution in [-0.4, -0.2) is 5.11 Å². The number of nitrogens with zero attached hydrogens (tertiary/aromatic N) is 1. The van der Waals surface area contributed by atoms with Crippen LogP contribution in [0.25, 0.3) is 0 Å². The van der Waals surface area contributed by atoms with Crippen LogP contribution in [0.5, 0.6) is 5.75 Å². The monoisotopic (exact) mass is 559 g/mol. The maximum atomic E-state index is 9.58. The molecule has 2 rings (SSSR count). The van der Waals surface area contributed by atoms with Gasteiger partial charge in [-0.1, -0.05) is 154 Å². The molecule has 2 aromatic rings. The van der Waals surface area contributed by atoms with E-state index in [1.54, 1.807) is 6.07 Å². The van der Waals surface area contributed by atoms with Gasteiger partial charge < -0.3 is 17.5 Å². The van der Waals surface area contributed by atoms with Gasteiger partial charge in [0.25, 0.3) is 0 Å². The Hall–Kier alpha value is -1.54. The summed E-state index contributed by atoms with van der Waals surface area (Å²) in [4.78, 5) is 0. The number of phenols is 1. The summed E-state index contributed by atoms with van der Waals surface area (Å²) in [6, 6.07) is 14.0. The minimum Gasteiger partial charge on any atom is -1.00 e. The third-order valence-corrected chi connectivity index (χ3v) is 7.59. The molecule has 1 N–H and O–H groups in total. The minimum atomic E-state index is 0. The zero-order chi connectivity index (χ0) is 27.4. The van der Waals surface area contributed by atoms with E-state index in [-0.39, 0.29) is 12.4 Å². The summed E-state index contributed by atoms with van der Waals surface area (Å²) < 4.78 is 2.29. The van der Waals surface area contributed by atoms with Crippen LogP contribution < -0.4 is 17.0 Å². The fourth-order valence-electron chi connectivity index (χ4n) is 5.07. The number of aromatic nitrogens is 1. The number of rotatable bonds is 23. The summed E-state index contributed by atoms with van der Waals surface area (Å²) in [6.45, 7) is 5.72. The topological polar surface area (TPSA) is 24.1 Å². The van der Waals surface area contributed by atoms with E-state index in [9.17, 15) is 5.11 Å². The van der Waals surface area contributed by atoms with E-state index in [4.69, 9.17) is 0 Å². The minimum absolute atomic E-state index is 0. The van der Waals surface area contributed by atoms with Crippen LogP contribution in [-0.2, 0) is 13.0 Å². The molecule has 0 aliphatic carbocycles. The summed E-state index contributed by atoms with van der Waals surface area (Å²) in [6.07, 6.45) is 34.7. The predicted molar refractivity (Wildman–Crippen MR) is 167 cm³/mol. The zero-order valence-electron chi connectivity index (χ0n) is 25.7. The number of para-hydroxylation sites is 1. The first-order valence-corrected chi connectivity index (χ1v) is 16.5. The van der Waals surface area contributed by atoms with Crippen LogP contribution in [0, 0.1) is 0 Å². The molecule has 1 aromatic carbocycles. The smallest absolute Gasteiger partial charge is 0.168 e. The Morgan fingerprint density at radius 2 is 0.897 bits per heavy atom. The lowest BCUT2D eigenvalue weighted by atomic mass is 10.0. The van der Waals surface area contributed by atoms with E-state index < -0.39 is 0 Å². The molecular formula is C36H62ClNO. The molecule has 3 heteroatoms. The quantitative estimate of drug-likeness (QED) is 0.108. The Morgan fingerprint density at radius 1 is 0.487 bits per heavy atom. The molecule has 224 valence electrons. The van der Waals surface area contributed by atoms with E-state index in [0.717, 1.165) is 12.0 Å². The van der Waals surface area contributed by atoms with Gasteiger partial charge in [-0.25, -0.2) is 4.57 Å². The predicted octanol–water partition coefficient (Wildman–Crippen LogP) is 8.14. The molecule has 0 bridgehead atoms. The third kappa shape index (κ3) is 24.0. The van der Waals surface area contributed by atoms with Crippen molar-refractivity contribution in [1.29, 1.82) is 0 Å². The number of pyridine rings is 1. The molecule has 0 aliphatic rings. The Morgan fingerprint density at radius 3 is 1.36 bits per heavy atom. The largest absolute Gasteiger partial charge is 1.00 e. The highest BCUT2D eigenvalue weighted by molar-refractivity contribution is 5.31. The van der Waals surface area contributed by atoms with Gasteiger partial charge in [0.1, 0.15) is 12.3 Å². The molecule has 0 amide bonds. The van der Waals surface area contributed by atoms with Crippen molar-refractivity contribution < 1.29 is 22.1 Å². The lowest BCUT2D eigenvalue weighted by molar-refractivity contribution is -0.697. The second-order valence-corrected chi connectivity index (χ2v) is 11.2. The molecule has 1 aromatic heterocycles. The number of aromatic hydroxyl groups is 1. The molecule has 0 atom stereocenters. The van der Waals surface area contributed by atoms with Gasteiger partial charge in [-0.05, 0) is 30.9 Å². The van der Waals surface area contributed by atoms with Crippen LogP contribution >= 0.6 is 0 Å². The molecule has 1 heterocycles. The van der Waals surface area contributed by atoms with Crippen LogP contribution in [0.4, 0.5) is 0 Å². The maximum absolute atomic E-state index is 9.58. The SMILES string of the molecule is CCCCCCCCCCCCCCCC[n+]1ccccc1.CCCCCCCCCc1ccccc1O.[Cl-]. The Balaban J connectivity index is 0.000000756. The fraction of sp³-hybridized carbons (Fsp3) is 0.694. The lowest BCUT2D eigenvalue weighted by Crippen LogP contribution is -3.00. The molecule has 39 heavy (non-hydrogen) atoms. The van der Waals surface area contributed by atoms with Crippen LogP contribution in [0.1, 0.15) is 154 Å². The first kappa shape index (κ1) is 37.5. The highest BCUT2D eigenvalue weighted by Gasteiger charge is 2.00.